The first kappa shape index (κ1) is 18.5. The molecule has 0 unspecified atom stereocenters. The summed E-state index contributed by atoms with van der Waals surface area (Å²) >= 11 is 0. The number of nitrogens with one attached hydrogen (secondary N) is 2. The number of carbonyl (C=O) groups is 2. The second-order valence-electron chi connectivity index (χ2n) is 5.55. The molecule has 8 heteroatoms. The van der Waals surface area contributed by atoms with Crippen molar-refractivity contribution in [1.29, 1.82) is 5.26 Å². The second kappa shape index (κ2) is 8.91. The summed E-state index contributed by atoms with van der Waals surface area (Å²) in [5, 5.41) is 8.97. The Morgan fingerprint density at radius 2 is 1.82 bits per heavy atom. The molecule has 2 amide bonds. The number of rotatable bonds is 5. The lowest BCUT2D eigenvalue weighted by Gasteiger charge is -2.08. The van der Waals surface area contributed by atoms with Gasteiger partial charge in [0.1, 0.15) is 11.8 Å². The van der Waals surface area contributed by atoms with E-state index in [-0.39, 0.29) is 6.61 Å². The smallest absolute Gasteiger partial charge is 0.276 e. The summed E-state index contributed by atoms with van der Waals surface area (Å²) < 4.78 is 5.27. The monoisotopic (exact) mass is 373 g/mol. The van der Waals surface area contributed by atoms with Gasteiger partial charge in [0.05, 0.1) is 28.5 Å². The van der Waals surface area contributed by atoms with Crippen LogP contribution in [0.25, 0.3) is 17.1 Å². The molecule has 0 spiro atoms. The molecule has 8 nitrogen and oxygen atoms in total. The highest BCUT2D eigenvalue weighted by Crippen LogP contribution is 2.16. The average molecular weight is 373 g/mol. The number of carbonyl (C=O) groups excluding carboxylic acids is 2. The zero-order valence-corrected chi connectivity index (χ0v) is 14.6. The van der Waals surface area contributed by atoms with Crippen molar-refractivity contribution in [3.8, 4) is 11.8 Å². The molecule has 2 N–H and O–H groups in total. The topological polar surface area (TPSA) is 117 Å². The van der Waals surface area contributed by atoms with E-state index in [1.54, 1.807) is 30.5 Å². The molecule has 3 aromatic rings. The van der Waals surface area contributed by atoms with Gasteiger partial charge in [0, 0.05) is 6.08 Å². The van der Waals surface area contributed by atoms with Crippen molar-refractivity contribution in [2.45, 2.75) is 0 Å². The van der Waals surface area contributed by atoms with Crippen LogP contribution >= 0.6 is 0 Å². The minimum absolute atomic E-state index is 0.293. The third-order valence-corrected chi connectivity index (χ3v) is 3.56. The molecule has 0 aliphatic carbocycles. The van der Waals surface area contributed by atoms with Crippen molar-refractivity contribution in [3.63, 3.8) is 0 Å². The van der Waals surface area contributed by atoms with E-state index in [1.165, 1.54) is 12.2 Å². The highest BCUT2D eigenvalue weighted by Gasteiger charge is 2.07. The van der Waals surface area contributed by atoms with Gasteiger partial charge in [0.15, 0.2) is 6.61 Å². The Bertz CT molecular complexity index is 1090. The van der Waals surface area contributed by atoms with Crippen molar-refractivity contribution in [2.75, 3.05) is 6.61 Å². The molecule has 138 valence electrons. The molecular weight excluding hydrogens is 358 g/mol. The lowest BCUT2D eigenvalue weighted by atomic mass is 10.2. The van der Waals surface area contributed by atoms with E-state index in [4.69, 9.17) is 10.00 Å². The molecule has 0 radical (unpaired) electrons. The van der Waals surface area contributed by atoms with E-state index < -0.39 is 11.8 Å². The number of para-hydroxylation sites is 3. The summed E-state index contributed by atoms with van der Waals surface area (Å²) in [6.07, 6.45) is 4.26. The normalized spacial score (nSPS) is 10.4. The van der Waals surface area contributed by atoms with E-state index >= 15 is 0 Å². The van der Waals surface area contributed by atoms with E-state index in [0.717, 1.165) is 5.52 Å². The molecule has 2 aromatic carbocycles. The molecule has 0 saturated carbocycles. The van der Waals surface area contributed by atoms with Crippen molar-refractivity contribution in [2.24, 2.45) is 0 Å². The van der Waals surface area contributed by atoms with Gasteiger partial charge in [-0.3, -0.25) is 25.4 Å². The van der Waals surface area contributed by atoms with Gasteiger partial charge in [-0.25, -0.2) is 4.98 Å². The summed E-state index contributed by atoms with van der Waals surface area (Å²) in [5.41, 5.74) is 6.76. The minimum Gasteiger partial charge on any atom is -0.482 e. The SMILES string of the molecule is N#Cc1ccccc1OCC(=O)NNC(=O)/C=C/c1cnc2ccccc2n1. The van der Waals surface area contributed by atoms with Crippen LogP contribution in [0.3, 0.4) is 0 Å². The van der Waals surface area contributed by atoms with E-state index in [2.05, 4.69) is 20.8 Å². The summed E-state index contributed by atoms with van der Waals surface area (Å²) in [7, 11) is 0. The number of hydrogen-bond donors (Lipinski definition) is 2. The van der Waals surface area contributed by atoms with Crippen LogP contribution in [-0.4, -0.2) is 28.4 Å². The quantitative estimate of drug-likeness (QED) is 0.520. The molecular formula is C20H15N5O3. The fraction of sp³-hybridized carbons (Fsp3) is 0.0500. The van der Waals surface area contributed by atoms with E-state index in [9.17, 15) is 9.59 Å². The van der Waals surface area contributed by atoms with Crippen LogP contribution in [0.2, 0.25) is 0 Å². The first-order valence-corrected chi connectivity index (χ1v) is 8.26. The molecule has 0 aliphatic rings. The van der Waals surface area contributed by atoms with Crippen LogP contribution in [0.4, 0.5) is 0 Å². The van der Waals surface area contributed by atoms with E-state index in [0.29, 0.717) is 22.5 Å². The summed E-state index contributed by atoms with van der Waals surface area (Å²) in [4.78, 5) is 32.2. The third kappa shape index (κ3) is 4.89. The van der Waals surface area contributed by atoms with Gasteiger partial charge >= 0.3 is 0 Å². The molecule has 0 fully saturated rings. The number of fused-ring (bicyclic) bond motifs is 1. The van der Waals surface area contributed by atoms with Crippen LogP contribution in [0.15, 0.2) is 60.8 Å². The maximum Gasteiger partial charge on any atom is 0.276 e. The van der Waals surface area contributed by atoms with Crippen LogP contribution in [0, 0.1) is 11.3 Å². The number of nitriles is 1. The number of hydrazine groups is 1. The Kier molecular flexibility index (Phi) is 5.90. The zero-order valence-electron chi connectivity index (χ0n) is 14.6. The Hall–Kier alpha value is -4.25. The minimum atomic E-state index is -0.569. The number of amides is 2. The van der Waals surface area contributed by atoms with Gasteiger partial charge in [-0.2, -0.15) is 5.26 Å². The maximum atomic E-state index is 11.8. The zero-order chi connectivity index (χ0) is 19.8. The average Bonchev–Trinajstić information content (AvgIpc) is 2.74. The molecule has 1 heterocycles. The molecule has 1 aromatic heterocycles. The molecule has 0 aliphatic heterocycles. The van der Waals surface area contributed by atoms with Gasteiger partial charge in [-0.05, 0) is 30.3 Å². The van der Waals surface area contributed by atoms with Crippen LogP contribution in [0.5, 0.6) is 5.75 Å². The maximum absolute atomic E-state index is 11.8. The molecule has 3 rings (SSSR count). The van der Waals surface area contributed by atoms with Crippen molar-refractivity contribution in [3.05, 3.63) is 72.1 Å². The van der Waals surface area contributed by atoms with Crippen LogP contribution in [0.1, 0.15) is 11.3 Å². The van der Waals surface area contributed by atoms with Crippen LogP contribution < -0.4 is 15.6 Å². The Balaban J connectivity index is 1.48. The fourth-order valence-corrected chi connectivity index (χ4v) is 2.25. The van der Waals surface area contributed by atoms with Crippen molar-refractivity contribution < 1.29 is 14.3 Å². The molecule has 0 saturated heterocycles. The number of nitrogens with zero attached hydrogens (tertiary/aromatic N) is 3. The van der Waals surface area contributed by atoms with Crippen molar-refractivity contribution >= 4 is 28.9 Å². The number of hydrogen-bond acceptors (Lipinski definition) is 6. The Labute approximate surface area is 160 Å². The van der Waals surface area contributed by atoms with E-state index in [1.807, 2.05) is 30.3 Å². The Morgan fingerprint density at radius 1 is 1.07 bits per heavy atom. The standard InChI is InChI=1S/C20H15N5O3/c21-11-14-5-1-4-8-18(14)28-13-20(27)25-24-19(26)10-9-15-12-22-16-6-2-3-7-17(16)23-15/h1-10,12H,13H2,(H,24,26)(H,25,27)/b10-9+. The highest BCUT2D eigenvalue weighted by molar-refractivity contribution is 5.93. The lowest BCUT2D eigenvalue weighted by Crippen LogP contribution is -2.43. The lowest BCUT2D eigenvalue weighted by molar-refractivity contribution is -0.128. The fourth-order valence-electron chi connectivity index (χ4n) is 2.25. The van der Waals surface area contributed by atoms with Gasteiger partial charge in [-0.1, -0.05) is 24.3 Å². The Morgan fingerprint density at radius 3 is 2.64 bits per heavy atom. The number of aromatic nitrogens is 2. The first-order chi connectivity index (χ1) is 13.7. The highest BCUT2D eigenvalue weighted by atomic mass is 16.5. The molecule has 0 atom stereocenters. The third-order valence-electron chi connectivity index (χ3n) is 3.56. The largest absolute Gasteiger partial charge is 0.482 e. The molecule has 28 heavy (non-hydrogen) atoms. The first-order valence-electron chi connectivity index (χ1n) is 8.26. The number of ether oxygens (including phenoxy) is 1. The van der Waals surface area contributed by atoms with Gasteiger partial charge in [-0.15, -0.1) is 0 Å². The van der Waals surface area contributed by atoms with Gasteiger partial charge in [0.25, 0.3) is 11.8 Å². The van der Waals surface area contributed by atoms with Gasteiger partial charge < -0.3 is 4.74 Å². The predicted molar refractivity (Wildman–Crippen MR) is 102 cm³/mol. The second-order valence-corrected chi connectivity index (χ2v) is 5.55. The summed E-state index contributed by atoms with van der Waals surface area (Å²) in [5.74, 6) is -0.818. The predicted octanol–water partition coefficient (Wildman–Crippen LogP) is 1.74. The van der Waals surface area contributed by atoms with Crippen LogP contribution in [-0.2, 0) is 9.59 Å². The van der Waals surface area contributed by atoms with Gasteiger partial charge in [0.2, 0.25) is 0 Å². The summed E-state index contributed by atoms with van der Waals surface area (Å²) in [6, 6.07) is 15.9. The van der Waals surface area contributed by atoms with Crippen molar-refractivity contribution in [1.82, 2.24) is 20.8 Å². The summed E-state index contributed by atoms with van der Waals surface area (Å²) in [6.45, 7) is -0.348. The number of benzene rings is 2. The molecule has 0 bridgehead atoms.